The minimum atomic E-state index is -0.711. The highest BCUT2D eigenvalue weighted by Crippen LogP contribution is 2.33. The topological polar surface area (TPSA) is 117 Å². The van der Waals surface area contributed by atoms with E-state index in [4.69, 9.17) is 4.74 Å². The Labute approximate surface area is 225 Å². The van der Waals surface area contributed by atoms with Crippen LogP contribution >= 0.6 is 0 Å². The van der Waals surface area contributed by atoms with Crippen LogP contribution in [0.4, 0.5) is 10.3 Å². The minimum Gasteiger partial charge on any atom is -0.394 e. The first-order valence-corrected chi connectivity index (χ1v) is 12.8. The molecule has 10 heteroatoms. The second-order valence-electron chi connectivity index (χ2n) is 9.72. The third kappa shape index (κ3) is 5.52. The Morgan fingerprint density at radius 3 is 2.79 bits per heavy atom. The van der Waals surface area contributed by atoms with Crippen LogP contribution < -0.4 is 10.6 Å². The zero-order valence-corrected chi connectivity index (χ0v) is 21.6. The number of nitrogens with one attached hydrogen (secondary N) is 2. The Bertz CT molecular complexity index is 1420. The molecule has 3 N–H and O–H groups in total. The third-order valence-electron chi connectivity index (χ3n) is 7.02. The molecule has 2 aliphatic heterocycles. The molecule has 0 aliphatic carbocycles. The van der Waals surface area contributed by atoms with E-state index in [1.54, 1.807) is 30.5 Å². The number of halogens is 1. The molecule has 2 amide bonds. The van der Waals surface area contributed by atoms with Gasteiger partial charge < -0.3 is 20.5 Å². The lowest BCUT2D eigenvalue weighted by Crippen LogP contribution is -2.38. The van der Waals surface area contributed by atoms with Gasteiger partial charge in [-0.15, -0.1) is 0 Å². The number of carbonyl (C=O) groups is 2. The molecule has 1 aromatic heterocycles. The Balaban J connectivity index is 1.33. The summed E-state index contributed by atoms with van der Waals surface area (Å²) in [7, 11) is 0. The van der Waals surface area contributed by atoms with Crippen LogP contribution in [0, 0.1) is 12.7 Å². The Morgan fingerprint density at radius 2 is 2.05 bits per heavy atom. The molecule has 1 fully saturated rings. The first kappa shape index (κ1) is 26.5. The normalized spacial score (nSPS) is 16.1. The summed E-state index contributed by atoms with van der Waals surface area (Å²) in [5, 5.41) is 15.8. The number of rotatable bonds is 8. The number of aliphatic hydroxyl groups excluding tert-OH is 1. The summed E-state index contributed by atoms with van der Waals surface area (Å²) in [4.78, 5) is 36.1. The van der Waals surface area contributed by atoms with Gasteiger partial charge in [0.25, 0.3) is 11.8 Å². The van der Waals surface area contributed by atoms with Gasteiger partial charge in [0, 0.05) is 31.0 Å². The predicted molar refractivity (Wildman–Crippen MR) is 143 cm³/mol. The van der Waals surface area contributed by atoms with E-state index in [1.807, 2.05) is 25.1 Å². The van der Waals surface area contributed by atoms with Gasteiger partial charge in [0.1, 0.15) is 11.5 Å². The van der Waals surface area contributed by atoms with Crippen LogP contribution in [-0.4, -0.2) is 57.7 Å². The number of aliphatic hydroxyl groups is 1. The van der Waals surface area contributed by atoms with E-state index >= 15 is 4.39 Å². The van der Waals surface area contributed by atoms with Crippen LogP contribution in [0.5, 0.6) is 0 Å². The van der Waals surface area contributed by atoms with E-state index in [9.17, 15) is 14.7 Å². The third-order valence-corrected chi connectivity index (χ3v) is 7.02. The number of fused-ring (bicyclic) bond motifs is 1. The van der Waals surface area contributed by atoms with Gasteiger partial charge in [-0.1, -0.05) is 42.5 Å². The Morgan fingerprint density at radius 1 is 1.26 bits per heavy atom. The first-order valence-electron chi connectivity index (χ1n) is 12.8. The number of hydrogen-bond acceptors (Lipinski definition) is 7. The molecule has 2 aromatic carbocycles. The van der Waals surface area contributed by atoms with E-state index in [2.05, 4.69) is 27.2 Å². The largest absolute Gasteiger partial charge is 0.394 e. The molecule has 39 heavy (non-hydrogen) atoms. The van der Waals surface area contributed by atoms with Gasteiger partial charge in [0.05, 0.1) is 30.5 Å². The second kappa shape index (κ2) is 11.3. The molecule has 0 unspecified atom stereocenters. The fourth-order valence-corrected chi connectivity index (χ4v) is 4.86. The molecule has 1 atom stereocenters. The number of amides is 2. The molecular formula is C29H30FN5O4. The van der Waals surface area contributed by atoms with Gasteiger partial charge in [0.2, 0.25) is 5.95 Å². The number of anilines is 1. The van der Waals surface area contributed by atoms with Gasteiger partial charge in [-0.2, -0.15) is 0 Å². The van der Waals surface area contributed by atoms with Crippen molar-refractivity contribution in [2.45, 2.75) is 38.4 Å². The Hall–Kier alpha value is -4.15. The maximum atomic E-state index is 15.8. The van der Waals surface area contributed by atoms with Gasteiger partial charge in [-0.3, -0.25) is 14.5 Å². The standard InChI is InChI=1S/C29H30FN5O4/c1-17-4-3-5-19(14-17)24(16-36)33-27(37)18(2)35-15-20-6-7-22(26(30)25(20)28(35)38)23-8-11-31-29(34-23)32-21-9-12-39-13-10-21/h3-8,11,14,21,24,36H,2,9-10,12-13,15-16H2,1H3,(H,33,37)(H,31,32,34)/t24-/m1/s1. The number of aryl methyl sites for hydroxylation is 1. The number of benzene rings is 2. The van der Waals surface area contributed by atoms with E-state index < -0.39 is 23.7 Å². The van der Waals surface area contributed by atoms with Gasteiger partial charge in [-0.25, -0.2) is 14.4 Å². The molecule has 9 nitrogen and oxygen atoms in total. The van der Waals surface area contributed by atoms with E-state index in [1.165, 1.54) is 0 Å². The van der Waals surface area contributed by atoms with Crippen molar-refractivity contribution in [2.24, 2.45) is 0 Å². The summed E-state index contributed by atoms with van der Waals surface area (Å²) in [6.07, 6.45) is 3.20. The zero-order chi connectivity index (χ0) is 27.5. The lowest BCUT2D eigenvalue weighted by Gasteiger charge is -2.23. The van der Waals surface area contributed by atoms with Crippen molar-refractivity contribution in [1.82, 2.24) is 20.2 Å². The Kier molecular flexibility index (Phi) is 7.67. The lowest BCUT2D eigenvalue weighted by atomic mass is 10.0. The second-order valence-corrected chi connectivity index (χ2v) is 9.72. The van der Waals surface area contributed by atoms with Crippen molar-refractivity contribution >= 4 is 17.8 Å². The maximum absolute atomic E-state index is 15.8. The SMILES string of the molecule is C=C(C(=O)N[C@H](CO)c1cccc(C)c1)N1Cc2ccc(-c3ccnc(NC4CCOCC4)n3)c(F)c2C1=O. The summed E-state index contributed by atoms with van der Waals surface area (Å²) < 4.78 is 21.1. The highest BCUT2D eigenvalue weighted by Gasteiger charge is 2.36. The van der Waals surface area contributed by atoms with Crippen LogP contribution in [0.2, 0.25) is 0 Å². The van der Waals surface area contributed by atoms with Crippen LogP contribution in [0.1, 0.15) is 45.9 Å². The summed E-state index contributed by atoms with van der Waals surface area (Å²) in [5.74, 6) is -1.62. The van der Waals surface area contributed by atoms with Crippen molar-refractivity contribution in [2.75, 3.05) is 25.1 Å². The minimum absolute atomic E-state index is 0.00614. The molecule has 1 saturated heterocycles. The first-order chi connectivity index (χ1) is 18.9. The number of aromatic nitrogens is 2. The fourth-order valence-electron chi connectivity index (χ4n) is 4.86. The highest BCUT2D eigenvalue weighted by molar-refractivity contribution is 6.06. The van der Waals surface area contributed by atoms with Gasteiger partial charge in [0.15, 0.2) is 0 Å². The number of carbonyl (C=O) groups excluding carboxylic acids is 2. The molecule has 3 aromatic rings. The molecule has 202 valence electrons. The number of ether oxygens (including phenoxy) is 1. The summed E-state index contributed by atoms with van der Waals surface area (Å²) >= 11 is 0. The fraction of sp³-hybridized carbons (Fsp3) is 0.310. The summed E-state index contributed by atoms with van der Waals surface area (Å²) in [6.45, 7) is 6.69. The molecular weight excluding hydrogens is 501 g/mol. The maximum Gasteiger partial charge on any atom is 0.267 e. The average Bonchev–Trinajstić information content (AvgIpc) is 3.29. The molecule has 0 spiro atoms. The zero-order valence-electron chi connectivity index (χ0n) is 21.6. The summed E-state index contributed by atoms with van der Waals surface area (Å²) in [6, 6.07) is 11.7. The van der Waals surface area contributed by atoms with Crippen LogP contribution in [0.15, 0.2) is 60.9 Å². The van der Waals surface area contributed by atoms with E-state index in [0.29, 0.717) is 30.4 Å². The quantitative estimate of drug-likeness (QED) is 0.381. The van der Waals surface area contributed by atoms with E-state index in [0.717, 1.165) is 28.9 Å². The predicted octanol–water partition coefficient (Wildman–Crippen LogP) is 3.50. The van der Waals surface area contributed by atoms with Crippen LogP contribution in [0.3, 0.4) is 0 Å². The van der Waals surface area contributed by atoms with Crippen molar-refractivity contribution in [3.8, 4) is 11.3 Å². The monoisotopic (exact) mass is 531 g/mol. The van der Waals surface area contributed by atoms with Crippen molar-refractivity contribution in [1.29, 1.82) is 0 Å². The number of nitrogens with zero attached hydrogens (tertiary/aromatic N) is 3. The molecule has 2 aliphatic rings. The molecule has 0 radical (unpaired) electrons. The highest BCUT2D eigenvalue weighted by atomic mass is 19.1. The smallest absolute Gasteiger partial charge is 0.267 e. The van der Waals surface area contributed by atoms with Crippen LogP contribution in [0.25, 0.3) is 11.3 Å². The lowest BCUT2D eigenvalue weighted by molar-refractivity contribution is -0.119. The average molecular weight is 532 g/mol. The molecule has 5 rings (SSSR count). The summed E-state index contributed by atoms with van der Waals surface area (Å²) in [5.41, 5.74) is 2.40. The van der Waals surface area contributed by atoms with Gasteiger partial charge >= 0.3 is 0 Å². The van der Waals surface area contributed by atoms with Crippen molar-refractivity contribution in [3.63, 3.8) is 0 Å². The molecule has 0 bridgehead atoms. The van der Waals surface area contributed by atoms with Crippen LogP contribution in [-0.2, 0) is 16.1 Å². The van der Waals surface area contributed by atoms with E-state index in [-0.39, 0.29) is 36.0 Å². The van der Waals surface area contributed by atoms with Crippen molar-refractivity contribution < 1.29 is 23.8 Å². The molecule has 0 saturated carbocycles. The molecule has 3 heterocycles. The van der Waals surface area contributed by atoms with Gasteiger partial charge in [-0.05, 0) is 43.0 Å². The van der Waals surface area contributed by atoms with Crippen molar-refractivity contribution in [3.05, 3.63) is 89.0 Å². The number of hydrogen-bond donors (Lipinski definition) is 3.